The van der Waals surface area contributed by atoms with Crippen molar-refractivity contribution >= 4 is 22.9 Å². The Morgan fingerprint density at radius 1 is 1.11 bits per heavy atom. The SMILES string of the molecule is O=C(NCc1ccco1)c1csc(CN2CCN(c3ccccc3)CC2)n1. The second-order valence-electron chi connectivity index (χ2n) is 6.49. The number of anilines is 1. The van der Waals surface area contributed by atoms with E-state index in [-0.39, 0.29) is 5.91 Å². The molecule has 3 heterocycles. The lowest BCUT2D eigenvalue weighted by Crippen LogP contribution is -2.45. The minimum Gasteiger partial charge on any atom is -0.467 e. The lowest BCUT2D eigenvalue weighted by Gasteiger charge is -2.35. The molecule has 1 N–H and O–H groups in total. The Kier molecular flexibility index (Phi) is 5.50. The zero-order valence-corrected chi connectivity index (χ0v) is 15.8. The molecule has 0 atom stereocenters. The van der Waals surface area contributed by atoms with E-state index in [0.29, 0.717) is 12.2 Å². The molecule has 6 nitrogen and oxygen atoms in total. The second-order valence-corrected chi connectivity index (χ2v) is 7.43. The van der Waals surface area contributed by atoms with Crippen LogP contribution in [0.1, 0.15) is 21.3 Å². The molecule has 1 saturated heterocycles. The number of para-hydroxylation sites is 1. The highest BCUT2D eigenvalue weighted by Crippen LogP contribution is 2.18. The van der Waals surface area contributed by atoms with E-state index in [0.717, 1.165) is 43.5 Å². The van der Waals surface area contributed by atoms with Crippen molar-refractivity contribution in [1.29, 1.82) is 0 Å². The van der Waals surface area contributed by atoms with Gasteiger partial charge in [-0.2, -0.15) is 0 Å². The van der Waals surface area contributed by atoms with Crippen molar-refractivity contribution < 1.29 is 9.21 Å². The average molecular weight is 382 g/mol. The summed E-state index contributed by atoms with van der Waals surface area (Å²) in [5.74, 6) is 0.567. The molecule has 0 spiro atoms. The van der Waals surface area contributed by atoms with Crippen LogP contribution < -0.4 is 10.2 Å². The standard InChI is InChI=1S/C20H22N4O2S/c25-20(21-13-17-7-4-12-26-17)18-15-27-19(22-18)14-23-8-10-24(11-9-23)16-5-2-1-3-6-16/h1-7,12,15H,8-11,13-14H2,(H,21,25). The van der Waals surface area contributed by atoms with Gasteiger partial charge in [0.1, 0.15) is 16.5 Å². The highest BCUT2D eigenvalue weighted by Gasteiger charge is 2.19. The third kappa shape index (κ3) is 4.56. The van der Waals surface area contributed by atoms with E-state index in [2.05, 4.69) is 44.4 Å². The van der Waals surface area contributed by atoms with Crippen molar-refractivity contribution in [3.05, 3.63) is 70.6 Å². The Morgan fingerprint density at radius 3 is 2.67 bits per heavy atom. The molecule has 140 valence electrons. The van der Waals surface area contributed by atoms with Crippen LogP contribution in [-0.2, 0) is 13.1 Å². The van der Waals surface area contributed by atoms with Crippen LogP contribution in [0.3, 0.4) is 0 Å². The molecule has 2 aromatic heterocycles. The normalized spacial score (nSPS) is 15.0. The minimum absolute atomic E-state index is 0.164. The van der Waals surface area contributed by atoms with Crippen LogP contribution in [0.4, 0.5) is 5.69 Å². The molecule has 1 aliphatic rings. The summed E-state index contributed by atoms with van der Waals surface area (Å²) in [5.41, 5.74) is 1.76. The lowest BCUT2D eigenvalue weighted by atomic mass is 10.2. The highest BCUT2D eigenvalue weighted by atomic mass is 32.1. The number of piperazine rings is 1. The number of benzene rings is 1. The fourth-order valence-corrected chi connectivity index (χ4v) is 3.97. The Balaban J connectivity index is 1.26. The van der Waals surface area contributed by atoms with E-state index < -0.39 is 0 Å². The summed E-state index contributed by atoms with van der Waals surface area (Å²) in [6.45, 7) is 5.17. The summed E-state index contributed by atoms with van der Waals surface area (Å²) in [5, 5.41) is 5.64. The van der Waals surface area contributed by atoms with Gasteiger partial charge in [0.2, 0.25) is 0 Å². The maximum Gasteiger partial charge on any atom is 0.271 e. The molecule has 7 heteroatoms. The topological polar surface area (TPSA) is 61.6 Å². The van der Waals surface area contributed by atoms with E-state index in [1.54, 1.807) is 23.7 Å². The zero-order valence-electron chi connectivity index (χ0n) is 15.0. The molecular formula is C20H22N4O2S. The van der Waals surface area contributed by atoms with Crippen LogP contribution in [0, 0.1) is 0 Å². The largest absolute Gasteiger partial charge is 0.467 e. The van der Waals surface area contributed by atoms with Crippen molar-refractivity contribution in [2.75, 3.05) is 31.1 Å². The molecule has 0 saturated carbocycles. The van der Waals surface area contributed by atoms with Gasteiger partial charge in [-0.25, -0.2) is 4.98 Å². The molecule has 3 aromatic rings. The molecule has 27 heavy (non-hydrogen) atoms. The van der Waals surface area contributed by atoms with Crippen LogP contribution in [0.25, 0.3) is 0 Å². The number of rotatable bonds is 6. The molecule has 0 aliphatic carbocycles. The number of hydrogen-bond acceptors (Lipinski definition) is 6. The fourth-order valence-electron chi connectivity index (χ4n) is 3.15. The molecular weight excluding hydrogens is 360 g/mol. The third-order valence-corrected chi connectivity index (χ3v) is 5.47. The summed E-state index contributed by atoms with van der Waals surface area (Å²) in [4.78, 5) is 21.5. The van der Waals surface area contributed by atoms with E-state index >= 15 is 0 Å². The van der Waals surface area contributed by atoms with Crippen molar-refractivity contribution in [1.82, 2.24) is 15.2 Å². The Labute approximate surface area is 162 Å². The summed E-state index contributed by atoms with van der Waals surface area (Å²) >= 11 is 1.54. The first kappa shape index (κ1) is 17.8. The smallest absolute Gasteiger partial charge is 0.271 e. The van der Waals surface area contributed by atoms with Crippen molar-refractivity contribution in [2.45, 2.75) is 13.1 Å². The van der Waals surface area contributed by atoms with Crippen LogP contribution in [0.5, 0.6) is 0 Å². The summed E-state index contributed by atoms with van der Waals surface area (Å²) < 4.78 is 5.22. The number of nitrogens with zero attached hydrogens (tertiary/aromatic N) is 3. The predicted octanol–water partition coefficient (Wildman–Crippen LogP) is 2.99. The molecule has 1 aromatic carbocycles. The first-order valence-electron chi connectivity index (χ1n) is 9.05. The maximum absolute atomic E-state index is 12.2. The Morgan fingerprint density at radius 2 is 1.93 bits per heavy atom. The number of carbonyl (C=O) groups excluding carboxylic acids is 1. The first-order valence-corrected chi connectivity index (χ1v) is 9.93. The molecule has 0 radical (unpaired) electrons. The number of nitrogens with one attached hydrogen (secondary N) is 1. The fraction of sp³-hybridized carbons (Fsp3) is 0.300. The van der Waals surface area contributed by atoms with Gasteiger partial charge in [0, 0.05) is 37.2 Å². The number of thiazole rings is 1. The van der Waals surface area contributed by atoms with Crippen LogP contribution in [-0.4, -0.2) is 42.0 Å². The highest BCUT2D eigenvalue weighted by molar-refractivity contribution is 7.09. The van der Waals surface area contributed by atoms with Crippen LogP contribution >= 0.6 is 11.3 Å². The van der Waals surface area contributed by atoms with Gasteiger partial charge in [0.15, 0.2) is 0 Å². The van der Waals surface area contributed by atoms with E-state index in [4.69, 9.17) is 4.42 Å². The van der Waals surface area contributed by atoms with E-state index in [9.17, 15) is 4.79 Å². The second kappa shape index (κ2) is 8.37. The van der Waals surface area contributed by atoms with Crippen molar-refractivity contribution in [3.63, 3.8) is 0 Å². The van der Waals surface area contributed by atoms with Gasteiger partial charge in [-0.05, 0) is 24.3 Å². The van der Waals surface area contributed by atoms with Gasteiger partial charge in [0.05, 0.1) is 19.4 Å². The van der Waals surface area contributed by atoms with E-state index in [1.165, 1.54) is 5.69 Å². The molecule has 1 amide bonds. The first-order chi connectivity index (χ1) is 13.3. The van der Waals surface area contributed by atoms with Gasteiger partial charge in [0.25, 0.3) is 5.91 Å². The van der Waals surface area contributed by atoms with Crippen LogP contribution in [0.15, 0.2) is 58.5 Å². The van der Waals surface area contributed by atoms with Gasteiger partial charge in [-0.3, -0.25) is 9.69 Å². The summed E-state index contributed by atoms with van der Waals surface area (Å²) in [7, 11) is 0. The zero-order chi connectivity index (χ0) is 18.5. The number of furan rings is 1. The average Bonchev–Trinajstić information content (AvgIpc) is 3.40. The number of carbonyl (C=O) groups is 1. The monoisotopic (exact) mass is 382 g/mol. The molecule has 0 unspecified atom stereocenters. The summed E-state index contributed by atoms with van der Waals surface area (Å²) in [6, 6.07) is 14.2. The summed E-state index contributed by atoms with van der Waals surface area (Å²) in [6.07, 6.45) is 1.60. The molecule has 0 bridgehead atoms. The maximum atomic E-state index is 12.2. The number of amides is 1. The van der Waals surface area contributed by atoms with E-state index in [1.807, 2.05) is 17.5 Å². The van der Waals surface area contributed by atoms with Gasteiger partial charge in [-0.15, -0.1) is 11.3 Å². The van der Waals surface area contributed by atoms with Gasteiger partial charge < -0.3 is 14.6 Å². The van der Waals surface area contributed by atoms with Crippen LogP contribution in [0.2, 0.25) is 0 Å². The lowest BCUT2D eigenvalue weighted by molar-refractivity contribution is 0.0943. The molecule has 4 rings (SSSR count). The molecule has 1 fully saturated rings. The third-order valence-electron chi connectivity index (χ3n) is 4.64. The Hall–Kier alpha value is -2.64. The molecule has 1 aliphatic heterocycles. The predicted molar refractivity (Wildman–Crippen MR) is 106 cm³/mol. The Bertz CT molecular complexity index is 855. The number of hydrogen-bond donors (Lipinski definition) is 1. The minimum atomic E-state index is -0.164. The quantitative estimate of drug-likeness (QED) is 0.710. The van der Waals surface area contributed by atoms with Crippen molar-refractivity contribution in [3.8, 4) is 0 Å². The number of aromatic nitrogens is 1. The van der Waals surface area contributed by atoms with Crippen molar-refractivity contribution in [2.24, 2.45) is 0 Å². The van der Waals surface area contributed by atoms with Gasteiger partial charge in [-0.1, -0.05) is 18.2 Å². The van der Waals surface area contributed by atoms with Gasteiger partial charge >= 0.3 is 0 Å².